The highest BCUT2D eigenvalue weighted by molar-refractivity contribution is 5.63. The van der Waals surface area contributed by atoms with E-state index in [9.17, 15) is 0 Å². The van der Waals surface area contributed by atoms with Crippen LogP contribution in [0, 0.1) is 11.8 Å². The second-order valence-electron chi connectivity index (χ2n) is 14.3. The Bertz CT molecular complexity index is 1500. The number of likely N-dealkylation sites (tertiary alicyclic amines) is 2. The Morgan fingerprint density at radius 1 is 0.674 bits per heavy atom. The fourth-order valence-electron chi connectivity index (χ4n) is 11.2. The topological polar surface area (TPSA) is 52.6 Å². The van der Waals surface area contributed by atoms with Crippen molar-refractivity contribution in [3.8, 4) is 23.0 Å². The molecule has 7 heteroatoms. The van der Waals surface area contributed by atoms with Gasteiger partial charge in [-0.15, -0.1) is 0 Å². The van der Waals surface area contributed by atoms with Gasteiger partial charge in [0, 0.05) is 45.9 Å². The van der Waals surface area contributed by atoms with Gasteiger partial charge in [-0.3, -0.25) is 0 Å². The summed E-state index contributed by atoms with van der Waals surface area (Å²) in [6.45, 7) is 2.12. The first-order chi connectivity index (χ1) is 21.0. The molecule has 0 amide bonds. The summed E-state index contributed by atoms with van der Waals surface area (Å²) >= 11 is 0. The van der Waals surface area contributed by atoms with Crippen LogP contribution in [-0.4, -0.2) is 87.7 Å². The van der Waals surface area contributed by atoms with Gasteiger partial charge < -0.3 is 33.5 Å². The van der Waals surface area contributed by atoms with Crippen LogP contribution in [0.5, 0.6) is 23.0 Å². The van der Waals surface area contributed by atoms with E-state index in [0.29, 0.717) is 23.9 Å². The maximum absolute atomic E-state index is 7.29. The number of piperidine rings is 2. The van der Waals surface area contributed by atoms with Crippen LogP contribution in [0.15, 0.2) is 48.6 Å². The number of hydrogen-bond acceptors (Lipinski definition) is 7. The van der Waals surface area contributed by atoms with Crippen LogP contribution in [0.25, 0.3) is 0 Å². The summed E-state index contributed by atoms with van der Waals surface area (Å²) in [5, 5.41) is 0. The van der Waals surface area contributed by atoms with Crippen LogP contribution in [-0.2, 0) is 28.4 Å². The summed E-state index contributed by atoms with van der Waals surface area (Å²) in [6, 6.07) is 9.68. The van der Waals surface area contributed by atoms with Crippen LogP contribution in [0.1, 0.15) is 35.1 Å². The monoisotopic (exact) mass is 580 g/mol. The van der Waals surface area contributed by atoms with Crippen molar-refractivity contribution in [2.75, 3.05) is 41.4 Å². The molecule has 4 aliphatic carbocycles. The lowest BCUT2D eigenvalue weighted by Crippen LogP contribution is -2.67. The number of likely N-dealkylation sites (N-methyl/N-ethyl adjacent to an activating group) is 2. The van der Waals surface area contributed by atoms with Crippen molar-refractivity contribution in [2.24, 2.45) is 11.8 Å². The molecule has 0 unspecified atom stereocenters. The molecule has 8 aliphatic rings. The molecule has 224 valence electrons. The highest BCUT2D eigenvalue weighted by Gasteiger charge is 2.67. The fraction of sp³-hybridized carbons (Fsp3) is 0.556. The van der Waals surface area contributed by atoms with Crippen LogP contribution in [0.4, 0.5) is 0 Å². The van der Waals surface area contributed by atoms with Gasteiger partial charge in [0.25, 0.3) is 0 Å². The van der Waals surface area contributed by atoms with E-state index < -0.39 is 0 Å². The molecule has 2 aromatic rings. The molecule has 2 aromatic carbocycles. The molecular weight excluding hydrogens is 540 g/mol. The van der Waals surface area contributed by atoms with Crippen LogP contribution in [0.2, 0.25) is 0 Å². The zero-order valence-corrected chi connectivity index (χ0v) is 25.4. The summed E-state index contributed by atoms with van der Waals surface area (Å²) in [7, 11) is 8.08. The third kappa shape index (κ3) is 2.84. The van der Waals surface area contributed by atoms with E-state index in [2.05, 4.69) is 72.5 Å². The Morgan fingerprint density at radius 2 is 1.14 bits per heavy atom. The molecule has 2 spiro atoms. The van der Waals surface area contributed by atoms with Gasteiger partial charge in [-0.2, -0.15) is 0 Å². The molecule has 43 heavy (non-hydrogen) atoms. The van der Waals surface area contributed by atoms with E-state index in [0.717, 1.165) is 61.8 Å². The van der Waals surface area contributed by atoms with Gasteiger partial charge in [-0.05, 0) is 76.1 Å². The quantitative estimate of drug-likeness (QED) is 0.506. The molecule has 4 aliphatic heterocycles. The third-order valence-electron chi connectivity index (χ3n) is 13.0. The van der Waals surface area contributed by atoms with Gasteiger partial charge in [0.15, 0.2) is 23.0 Å². The number of rotatable bonds is 4. The van der Waals surface area contributed by atoms with Gasteiger partial charge in [-0.1, -0.05) is 36.4 Å². The van der Waals surface area contributed by atoms with Crippen molar-refractivity contribution in [3.63, 3.8) is 0 Å². The first-order valence-electron chi connectivity index (χ1n) is 16.2. The maximum atomic E-state index is 7.29. The molecule has 2 fully saturated rings. The summed E-state index contributed by atoms with van der Waals surface area (Å²) in [5.74, 6) is 4.35. The van der Waals surface area contributed by atoms with Crippen molar-refractivity contribution in [2.45, 2.75) is 73.0 Å². The van der Waals surface area contributed by atoms with E-state index >= 15 is 0 Å². The summed E-state index contributed by atoms with van der Waals surface area (Å²) in [5.41, 5.74) is 5.37. The van der Waals surface area contributed by atoms with Crippen molar-refractivity contribution >= 4 is 0 Å². The molecule has 2 saturated heterocycles. The zero-order chi connectivity index (χ0) is 28.8. The standard InChI is InChI=1S/C36H40N2O5/c1-37-15-13-35-21-7-11-27(33(35)42-31-25(39-3)9-5-19(29(31)35)17-23(21)37)41-28-12-8-22-24-18-20-6-10-26(40-4)32-30(20)36(22,34(28)43-32)14-16-38(24)2/h5-12,21-24,27-28,33-34H,13-18H2,1-4H3/t21-,22-,23+,24+,27-,28-,33-,34-,35-,36-/m0/s1. The minimum absolute atomic E-state index is 0.0989. The van der Waals surface area contributed by atoms with Gasteiger partial charge in [0.2, 0.25) is 0 Å². The van der Waals surface area contributed by atoms with Gasteiger partial charge in [0.1, 0.15) is 24.4 Å². The minimum Gasteiger partial charge on any atom is -0.493 e. The third-order valence-corrected chi connectivity index (χ3v) is 13.0. The van der Waals surface area contributed by atoms with Gasteiger partial charge in [0.05, 0.1) is 14.2 Å². The van der Waals surface area contributed by atoms with Crippen LogP contribution in [0.3, 0.4) is 0 Å². The van der Waals surface area contributed by atoms with Crippen molar-refractivity contribution < 1.29 is 23.7 Å². The van der Waals surface area contributed by atoms with Crippen LogP contribution < -0.4 is 18.9 Å². The molecule has 4 bridgehead atoms. The molecule has 0 aromatic heterocycles. The van der Waals surface area contributed by atoms with Crippen molar-refractivity contribution in [3.05, 3.63) is 70.8 Å². The summed E-state index contributed by atoms with van der Waals surface area (Å²) in [6.07, 6.45) is 13.2. The molecule has 0 radical (unpaired) electrons. The van der Waals surface area contributed by atoms with Gasteiger partial charge in [-0.25, -0.2) is 0 Å². The largest absolute Gasteiger partial charge is 0.493 e. The van der Waals surface area contributed by atoms with E-state index in [1.54, 1.807) is 14.2 Å². The summed E-state index contributed by atoms with van der Waals surface area (Å²) < 4.78 is 33.1. The molecule has 0 saturated carbocycles. The van der Waals surface area contributed by atoms with E-state index in [-0.39, 0.29) is 35.2 Å². The molecular formula is C36H40N2O5. The second kappa shape index (κ2) is 8.38. The Hall–Kier alpha value is -3.00. The highest BCUT2D eigenvalue weighted by atomic mass is 16.6. The minimum atomic E-state index is -0.190. The van der Waals surface area contributed by atoms with E-state index in [1.807, 2.05) is 0 Å². The summed E-state index contributed by atoms with van der Waals surface area (Å²) in [4.78, 5) is 5.11. The first-order valence-corrected chi connectivity index (χ1v) is 16.2. The number of benzene rings is 2. The molecule has 7 nitrogen and oxygen atoms in total. The second-order valence-corrected chi connectivity index (χ2v) is 14.3. The Balaban J connectivity index is 1.07. The fourth-order valence-corrected chi connectivity index (χ4v) is 11.2. The number of ether oxygens (including phenoxy) is 5. The van der Waals surface area contributed by atoms with Crippen molar-refractivity contribution in [1.82, 2.24) is 9.80 Å². The number of methoxy groups -OCH3 is 2. The highest BCUT2D eigenvalue weighted by Crippen LogP contribution is 2.65. The van der Waals surface area contributed by atoms with E-state index in [1.165, 1.54) is 22.3 Å². The zero-order valence-electron chi connectivity index (χ0n) is 25.4. The SMILES string of the molecule is COc1ccc2c3c1O[C@H]1[C@@H](O[C@H]4C=C[C@H]5[C@H]6Cc7ccc(OC)c8c7[C@@]5(CCN6C)[C@H]4O8)C=C[C@H]4[C@@H](C2)N(C)CC[C@@]341. The lowest BCUT2D eigenvalue weighted by Gasteiger charge is -2.58. The average Bonchev–Trinajstić information content (AvgIpc) is 3.56. The average molecular weight is 581 g/mol. The normalized spacial score (nSPS) is 42.1. The molecule has 10 atom stereocenters. The number of hydrogen-bond donors (Lipinski definition) is 0. The predicted molar refractivity (Wildman–Crippen MR) is 162 cm³/mol. The van der Waals surface area contributed by atoms with Gasteiger partial charge >= 0.3 is 0 Å². The number of nitrogens with zero attached hydrogens (tertiary/aromatic N) is 2. The van der Waals surface area contributed by atoms with Crippen molar-refractivity contribution in [1.29, 1.82) is 0 Å². The first kappa shape index (κ1) is 25.3. The molecule has 4 heterocycles. The molecule has 10 rings (SSSR count). The smallest absolute Gasteiger partial charge is 0.165 e. The predicted octanol–water partition coefficient (Wildman–Crippen LogP) is 4.05. The Morgan fingerprint density at radius 3 is 1.58 bits per heavy atom. The van der Waals surface area contributed by atoms with Crippen LogP contribution >= 0.6 is 0 Å². The Kier molecular flexibility index (Phi) is 4.94. The molecule has 0 N–H and O–H groups in total. The van der Waals surface area contributed by atoms with E-state index in [4.69, 9.17) is 23.7 Å². The Labute approximate surface area is 253 Å². The lowest BCUT2D eigenvalue weighted by molar-refractivity contribution is -0.125. The lowest BCUT2D eigenvalue weighted by atomic mass is 9.53. The maximum Gasteiger partial charge on any atom is 0.165 e.